The van der Waals surface area contributed by atoms with Crippen molar-refractivity contribution in [3.8, 4) is 0 Å². The van der Waals surface area contributed by atoms with E-state index in [1.54, 1.807) is 0 Å². The molecule has 36 valence electrons. The van der Waals surface area contributed by atoms with Crippen LogP contribution in [-0.4, -0.2) is 17.7 Å². The summed E-state index contributed by atoms with van der Waals surface area (Å²) in [5.41, 5.74) is 1.41. The third kappa shape index (κ3) is 10.7. The Bertz CT molecular complexity index is 56.9. The van der Waals surface area contributed by atoms with E-state index in [4.69, 9.17) is 5.21 Å². The molecule has 0 fully saturated rings. The molecule has 0 aliphatic carbocycles. The predicted octanol–water partition coefficient (Wildman–Crippen LogP) is -5.28. The summed E-state index contributed by atoms with van der Waals surface area (Å²) in [7, 11) is 0. The molecule has 2 N–H and O–H groups in total. The number of hydrogen-bond acceptors (Lipinski definition) is 4. The number of carbonyl (C=O) groups is 1. The Kier molecular flexibility index (Phi) is 9.48. The van der Waals surface area contributed by atoms with Crippen LogP contribution in [-0.2, 0) is 4.79 Å². The topological polar surface area (TPSA) is 72.4 Å². The van der Waals surface area contributed by atoms with Gasteiger partial charge in [0.05, 0.1) is 12.5 Å². The van der Waals surface area contributed by atoms with Crippen LogP contribution in [0.25, 0.3) is 0 Å². The molecule has 0 aromatic rings. The van der Waals surface area contributed by atoms with Crippen molar-refractivity contribution < 1.29 is 44.7 Å². The molecule has 5 heteroatoms. The number of hydrogen-bond donors (Lipinski definition) is 2. The fourth-order valence-electron chi connectivity index (χ4n) is 0.0645. The van der Waals surface area contributed by atoms with E-state index in [1.165, 1.54) is 5.48 Å². The van der Waals surface area contributed by atoms with Gasteiger partial charge in [-0.25, -0.2) is 0 Å². The second kappa shape index (κ2) is 6.39. The standard InChI is InChI=1S/C2H5NO3.Na/c4-2(5)1-3-6;/h3,6H,1H2,(H,4,5);/q;+1/p-1. The van der Waals surface area contributed by atoms with E-state index < -0.39 is 12.5 Å². The van der Waals surface area contributed by atoms with Gasteiger partial charge in [0.2, 0.25) is 0 Å². The summed E-state index contributed by atoms with van der Waals surface area (Å²) in [4.78, 5) is 9.27. The maximum absolute atomic E-state index is 9.27. The Morgan fingerprint density at radius 3 is 2.29 bits per heavy atom. The molecule has 0 radical (unpaired) electrons. The molecule has 0 aromatic carbocycles. The van der Waals surface area contributed by atoms with Crippen molar-refractivity contribution in [3.05, 3.63) is 0 Å². The van der Waals surface area contributed by atoms with Crippen LogP contribution in [0.5, 0.6) is 0 Å². The van der Waals surface area contributed by atoms with Crippen molar-refractivity contribution in [3.63, 3.8) is 0 Å². The van der Waals surface area contributed by atoms with Crippen LogP contribution in [0.1, 0.15) is 0 Å². The number of carbonyl (C=O) groups excluding carboxylic acids is 1. The van der Waals surface area contributed by atoms with Gasteiger partial charge in [0.1, 0.15) is 0 Å². The molecule has 0 aliphatic rings. The molecule has 0 unspecified atom stereocenters. The average Bonchev–Trinajstić information content (AvgIpc) is 1.35. The Balaban J connectivity index is 0. The zero-order valence-corrected chi connectivity index (χ0v) is 5.97. The van der Waals surface area contributed by atoms with Crippen molar-refractivity contribution in [1.82, 2.24) is 5.48 Å². The number of rotatable bonds is 2. The smallest absolute Gasteiger partial charge is 0.549 e. The first-order valence-corrected chi connectivity index (χ1v) is 1.34. The second-order valence-corrected chi connectivity index (χ2v) is 0.707. The van der Waals surface area contributed by atoms with Crippen molar-refractivity contribution in [2.24, 2.45) is 0 Å². The molecular weight excluding hydrogens is 109 g/mol. The molecule has 0 aliphatic heterocycles. The molecule has 0 saturated heterocycles. The minimum Gasteiger partial charge on any atom is -0.549 e. The van der Waals surface area contributed by atoms with Crippen LogP contribution in [0.3, 0.4) is 0 Å². The summed E-state index contributed by atoms with van der Waals surface area (Å²) < 4.78 is 0. The van der Waals surface area contributed by atoms with Crippen molar-refractivity contribution in [2.75, 3.05) is 6.54 Å². The van der Waals surface area contributed by atoms with E-state index in [1.807, 2.05) is 0 Å². The average molecular weight is 113 g/mol. The van der Waals surface area contributed by atoms with E-state index in [9.17, 15) is 9.90 Å². The third-order valence-corrected chi connectivity index (χ3v) is 0.223. The van der Waals surface area contributed by atoms with Crippen LogP contribution in [0.15, 0.2) is 0 Å². The van der Waals surface area contributed by atoms with Gasteiger partial charge in [-0.2, -0.15) is 5.48 Å². The van der Waals surface area contributed by atoms with Crippen LogP contribution in [0.4, 0.5) is 0 Å². The Morgan fingerprint density at radius 2 is 2.29 bits per heavy atom. The van der Waals surface area contributed by atoms with Crippen LogP contribution < -0.4 is 40.1 Å². The summed E-state index contributed by atoms with van der Waals surface area (Å²) in [6.07, 6.45) is 0. The molecule has 7 heavy (non-hydrogen) atoms. The van der Waals surface area contributed by atoms with Gasteiger partial charge in [-0.3, -0.25) is 0 Å². The van der Waals surface area contributed by atoms with Crippen LogP contribution in [0.2, 0.25) is 0 Å². The normalized spacial score (nSPS) is 7.00. The molecule has 0 heterocycles. The summed E-state index contributed by atoms with van der Waals surface area (Å²) in [6.45, 7) is -0.514. The number of hydroxylamine groups is 1. The summed E-state index contributed by atoms with van der Waals surface area (Å²) in [5, 5.41) is 16.8. The molecule has 0 bridgehead atoms. The summed E-state index contributed by atoms with van der Waals surface area (Å²) in [6, 6.07) is 0. The molecule has 0 aromatic heterocycles. The number of nitrogens with one attached hydrogen (secondary N) is 1. The first kappa shape index (κ1) is 10.4. The SMILES string of the molecule is O=C([O-])CNO.[Na+]. The van der Waals surface area contributed by atoms with E-state index in [-0.39, 0.29) is 29.6 Å². The Hall–Kier alpha value is 0.390. The van der Waals surface area contributed by atoms with E-state index in [0.29, 0.717) is 0 Å². The van der Waals surface area contributed by atoms with Crippen molar-refractivity contribution >= 4 is 5.97 Å². The fourth-order valence-corrected chi connectivity index (χ4v) is 0.0645. The molecule has 0 rings (SSSR count). The predicted molar refractivity (Wildman–Crippen MR) is 14.8 cm³/mol. The Labute approximate surface area is 62.8 Å². The largest absolute Gasteiger partial charge is 1.00 e. The van der Waals surface area contributed by atoms with E-state index >= 15 is 0 Å². The van der Waals surface area contributed by atoms with Gasteiger partial charge in [0.25, 0.3) is 0 Å². The maximum Gasteiger partial charge on any atom is 1.00 e. The third-order valence-electron chi connectivity index (χ3n) is 0.223. The molecule has 0 spiro atoms. The van der Waals surface area contributed by atoms with Gasteiger partial charge in [-0.05, 0) is 0 Å². The Morgan fingerprint density at radius 1 is 1.86 bits per heavy atom. The number of carboxylic acids is 1. The van der Waals surface area contributed by atoms with Crippen LogP contribution in [0, 0.1) is 0 Å². The maximum atomic E-state index is 9.27. The minimum absolute atomic E-state index is 0. The van der Waals surface area contributed by atoms with E-state index in [2.05, 4.69) is 0 Å². The van der Waals surface area contributed by atoms with E-state index in [0.717, 1.165) is 0 Å². The minimum atomic E-state index is -1.32. The molecule has 0 amide bonds. The molecular formula is C2H4NNaO3. The first-order chi connectivity index (χ1) is 2.77. The zero-order chi connectivity index (χ0) is 4.99. The monoisotopic (exact) mass is 113 g/mol. The van der Waals surface area contributed by atoms with Gasteiger partial charge in [-0.15, -0.1) is 0 Å². The van der Waals surface area contributed by atoms with Crippen molar-refractivity contribution in [2.45, 2.75) is 0 Å². The van der Waals surface area contributed by atoms with Gasteiger partial charge in [0.15, 0.2) is 0 Å². The summed E-state index contributed by atoms with van der Waals surface area (Å²) >= 11 is 0. The van der Waals surface area contributed by atoms with Gasteiger partial charge in [0, 0.05) is 0 Å². The zero-order valence-electron chi connectivity index (χ0n) is 3.97. The second-order valence-electron chi connectivity index (χ2n) is 0.707. The summed E-state index contributed by atoms with van der Waals surface area (Å²) in [5.74, 6) is -1.32. The fraction of sp³-hybridized carbons (Fsp3) is 0.500. The van der Waals surface area contributed by atoms with Crippen LogP contribution >= 0.6 is 0 Å². The number of aliphatic carboxylic acids is 1. The van der Waals surface area contributed by atoms with Crippen molar-refractivity contribution in [1.29, 1.82) is 0 Å². The number of carboxylic acid groups (broad SMARTS) is 1. The molecule has 0 atom stereocenters. The first-order valence-electron chi connectivity index (χ1n) is 1.34. The van der Waals surface area contributed by atoms with Gasteiger partial charge >= 0.3 is 29.6 Å². The quantitative estimate of drug-likeness (QED) is 0.277. The molecule has 4 nitrogen and oxygen atoms in total. The van der Waals surface area contributed by atoms with Gasteiger partial charge < -0.3 is 15.1 Å². The molecule has 0 saturated carbocycles. The van der Waals surface area contributed by atoms with Gasteiger partial charge in [-0.1, -0.05) is 0 Å².